The van der Waals surface area contributed by atoms with Gasteiger partial charge in [0.2, 0.25) is 0 Å². The Morgan fingerprint density at radius 3 is 2.83 bits per heavy atom. The summed E-state index contributed by atoms with van der Waals surface area (Å²) in [5.41, 5.74) is 4.37. The molecule has 0 bridgehead atoms. The molecule has 186 valence electrons. The second-order valence-electron chi connectivity index (χ2n) is 9.71. The van der Waals surface area contributed by atoms with Crippen LogP contribution in [0, 0.1) is 0 Å². The van der Waals surface area contributed by atoms with E-state index in [1.165, 1.54) is 11.1 Å². The average Bonchev–Trinajstić information content (AvgIpc) is 3.55. The quantitative estimate of drug-likeness (QED) is 0.354. The van der Waals surface area contributed by atoms with Gasteiger partial charge in [-0.3, -0.25) is 4.90 Å². The molecule has 4 heterocycles. The topological polar surface area (TPSA) is 69.3 Å². The summed E-state index contributed by atoms with van der Waals surface area (Å²) in [6, 6.07) is 17.1. The fourth-order valence-electron chi connectivity index (χ4n) is 5.57. The molecule has 2 aromatic carbocycles. The van der Waals surface area contributed by atoms with E-state index in [4.69, 9.17) is 11.6 Å². The first kappa shape index (κ1) is 23.7. The van der Waals surface area contributed by atoms with Crippen LogP contribution < -0.4 is 0 Å². The molecule has 1 saturated heterocycles. The van der Waals surface area contributed by atoms with Gasteiger partial charge in [0.1, 0.15) is 0 Å². The maximum atomic E-state index is 13.5. The minimum Gasteiger partial charge on any atom is -0.361 e. The normalized spacial score (nSPS) is 19.8. The van der Waals surface area contributed by atoms with Crippen LogP contribution in [-0.4, -0.2) is 59.8 Å². The third kappa shape index (κ3) is 4.45. The number of rotatable bonds is 6. The van der Waals surface area contributed by atoms with E-state index in [-0.39, 0.29) is 11.1 Å². The Labute approximate surface area is 216 Å². The molecule has 0 saturated carbocycles. The Bertz CT molecular complexity index is 1560. The van der Waals surface area contributed by atoms with Gasteiger partial charge in [-0.2, -0.15) is 4.31 Å². The first-order valence-corrected chi connectivity index (χ1v) is 14.4. The van der Waals surface area contributed by atoms with Crippen LogP contribution in [0.1, 0.15) is 31.2 Å². The molecule has 0 amide bonds. The van der Waals surface area contributed by atoms with Gasteiger partial charge in [-0.1, -0.05) is 35.9 Å². The van der Waals surface area contributed by atoms with Crippen LogP contribution in [0.4, 0.5) is 0 Å². The molecular weight excluding hydrogens is 492 g/mol. The number of sulfonamides is 1. The molecule has 1 atom stereocenters. The fourth-order valence-corrected chi connectivity index (χ4v) is 7.41. The first-order chi connectivity index (χ1) is 17.5. The molecule has 2 aliphatic rings. The van der Waals surface area contributed by atoms with E-state index in [1.54, 1.807) is 10.4 Å². The number of H-pyrrole nitrogens is 1. The minimum absolute atomic E-state index is 0.0180. The van der Waals surface area contributed by atoms with Crippen molar-refractivity contribution < 1.29 is 8.42 Å². The van der Waals surface area contributed by atoms with Crippen molar-refractivity contribution in [2.75, 3.05) is 26.2 Å². The fraction of sp³-hybridized carbons (Fsp3) is 0.321. The van der Waals surface area contributed by atoms with Gasteiger partial charge >= 0.3 is 0 Å². The number of halogens is 1. The zero-order chi connectivity index (χ0) is 24.7. The highest BCUT2D eigenvalue weighted by Crippen LogP contribution is 2.32. The lowest BCUT2D eigenvalue weighted by Gasteiger charge is -2.29. The van der Waals surface area contributed by atoms with Crippen molar-refractivity contribution in [2.45, 2.75) is 36.8 Å². The summed E-state index contributed by atoms with van der Waals surface area (Å²) in [6.45, 7) is 3.28. The Hall–Kier alpha value is -2.71. The average molecular weight is 521 g/mol. The van der Waals surface area contributed by atoms with Crippen LogP contribution in [0.25, 0.3) is 27.4 Å². The van der Waals surface area contributed by atoms with E-state index < -0.39 is 10.0 Å². The predicted molar refractivity (Wildman–Crippen MR) is 146 cm³/mol. The van der Waals surface area contributed by atoms with E-state index in [2.05, 4.69) is 27.1 Å². The molecular formula is C28H29ClN4O2S. The van der Waals surface area contributed by atoms with E-state index in [0.29, 0.717) is 12.1 Å². The molecule has 8 heteroatoms. The van der Waals surface area contributed by atoms with Gasteiger partial charge < -0.3 is 4.98 Å². The number of nitrogens with one attached hydrogen (secondary N) is 1. The molecule has 4 aromatic rings. The van der Waals surface area contributed by atoms with Crippen LogP contribution in [-0.2, 0) is 10.0 Å². The zero-order valence-electron chi connectivity index (χ0n) is 20.0. The Balaban J connectivity index is 1.12. The van der Waals surface area contributed by atoms with Crippen molar-refractivity contribution in [1.29, 1.82) is 0 Å². The van der Waals surface area contributed by atoms with Gasteiger partial charge in [0.05, 0.1) is 5.52 Å². The number of nitrogens with zero attached hydrogens (tertiary/aromatic N) is 3. The molecule has 36 heavy (non-hydrogen) atoms. The Morgan fingerprint density at radius 1 is 1.08 bits per heavy atom. The van der Waals surface area contributed by atoms with Crippen LogP contribution in [0.3, 0.4) is 0 Å². The van der Waals surface area contributed by atoms with Gasteiger partial charge in [-0.15, -0.1) is 0 Å². The summed E-state index contributed by atoms with van der Waals surface area (Å²) in [6.07, 6.45) is 7.97. The third-order valence-corrected chi connectivity index (χ3v) is 9.62. The largest absolute Gasteiger partial charge is 0.361 e. The highest BCUT2D eigenvalue weighted by atomic mass is 35.5. The van der Waals surface area contributed by atoms with Gasteiger partial charge in [0, 0.05) is 58.7 Å². The number of benzene rings is 2. The predicted octanol–water partition coefficient (Wildman–Crippen LogP) is 5.70. The van der Waals surface area contributed by atoms with E-state index in [0.717, 1.165) is 66.6 Å². The summed E-state index contributed by atoms with van der Waals surface area (Å²) in [5.74, 6) is 0. The second-order valence-corrected chi connectivity index (χ2v) is 12.0. The van der Waals surface area contributed by atoms with Crippen molar-refractivity contribution in [1.82, 2.24) is 19.2 Å². The van der Waals surface area contributed by atoms with Gasteiger partial charge in [0.15, 0.2) is 5.03 Å². The molecule has 1 fully saturated rings. The van der Waals surface area contributed by atoms with Gasteiger partial charge in [-0.25, -0.2) is 13.4 Å². The number of aromatic nitrogens is 2. The maximum Gasteiger partial charge on any atom is 0.260 e. The first-order valence-electron chi connectivity index (χ1n) is 12.5. The molecule has 2 aliphatic heterocycles. The van der Waals surface area contributed by atoms with Crippen LogP contribution >= 0.6 is 11.6 Å². The van der Waals surface area contributed by atoms with Crippen LogP contribution in [0.2, 0.25) is 5.02 Å². The minimum atomic E-state index is -3.62. The van der Waals surface area contributed by atoms with Gasteiger partial charge in [0.25, 0.3) is 10.0 Å². The SMILES string of the molecule is O=S(=O)(c1ccc2ccccc2n1)N1CCCC1CCN1CC=C(c2c[nH]c3ccc(Cl)cc23)CC1. The molecule has 0 spiro atoms. The van der Waals surface area contributed by atoms with E-state index >= 15 is 0 Å². The number of hydrogen-bond acceptors (Lipinski definition) is 4. The lowest BCUT2D eigenvalue weighted by Crippen LogP contribution is -2.39. The second kappa shape index (κ2) is 9.63. The van der Waals surface area contributed by atoms with Gasteiger partial charge in [-0.05, 0) is 74.2 Å². The number of fused-ring (bicyclic) bond motifs is 2. The highest BCUT2D eigenvalue weighted by Gasteiger charge is 2.36. The van der Waals surface area contributed by atoms with E-state index in [9.17, 15) is 8.42 Å². The smallest absolute Gasteiger partial charge is 0.260 e. The third-order valence-electron chi connectivity index (χ3n) is 7.53. The molecule has 1 N–H and O–H groups in total. The zero-order valence-corrected chi connectivity index (χ0v) is 21.6. The number of pyridine rings is 1. The summed E-state index contributed by atoms with van der Waals surface area (Å²) in [5, 5.41) is 3.01. The van der Waals surface area contributed by atoms with Crippen molar-refractivity contribution in [3.63, 3.8) is 0 Å². The molecule has 6 rings (SSSR count). The summed E-state index contributed by atoms with van der Waals surface area (Å²) < 4.78 is 28.6. The highest BCUT2D eigenvalue weighted by molar-refractivity contribution is 7.89. The lowest BCUT2D eigenvalue weighted by molar-refractivity contribution is 0.262. The Morgan fingerprint density at radius 2 is 1.97 bits per heavy atom. The lowest BCUT2D eigenvalue weighted by atomic mass is 9.98. The summed E-state index contributed by atoms with van der Waals surface area (Å²) in [4.78, 5) is 10.2. The van der Waals surface area contributed by atoms with Crippen molar-refractivity contribution in [3.05, 3.63) is 77.5 Å². The Kier molecular flexibility index (Phi) is 6.33. The van der Waals surface area contributed by atoms with E-state index in [1.807, 2.05) is 48.5 Å². The monoisotopic (exact) mass is 520 g/mol. The number of hydrogen-bond donors (Lipinski definition) is 1. The molecule has 0 radical (unpaired) electrons. The molecule has 0 aliphatic carbocycles. The standard InChI is InChI=1S/C28H29ClN4O2S/c29-22-8-9-27-24(18-22)25(19-30-27)20-11-15-32(16-12-20)17-13-23-5-3-14-33(23)36(34,35)28-10-7-21-4-1-2-6-26(21)31-28/h1-2,4,6-11,18-19,23,30H,3,5,12-17H2. The molecule has 2 aromatic heterocycles. The van der Waals surface area contributed by atoms with Crippen LogP contribution in [0.5, 0.6) is 0 Å². The van der Waals surface area contributed by atoms with Crippen LogP contribution in [0.15, 0.2) is 71.9 Å². The molecule has 6 nitrogen and oxygen atoms in total. The number of aromatic amines is 1. The van der Waals surface area contributed by atoms with Crippen molar-refractivity contribution >= 4 is 49.0 Å². The summed E-state index contributed by atoms with van der Waals surface area (Å²) in [7, 11) is -3.62. The maximum absolute atomic E-state index is 13.5. The summed E-state index contributed by atoms with van der Waals surface area (Å²) >= 11 is 6.23. The van der Waals surface area contributed by atoms with Crippen molar-refractivity contribution in [2.24, 2.45) is 0 Å². The van der Waals surface area contributed by atoms with Crippen molar-refractivity contribution in [3.8, 4) is 0 Å². The molecule has 1 unspecified atom stereocenters. The number of para-hydroxylation sites is 1.